The average Bonchev–Trinajstić information content (AvgIpc) is 3.47. The molecule has 4 rings (SSSR count). The largest absolute Gasteiger partial charge is 0.508 e. The van der Waals surface area contributed by atoms with Crippen LogP contribution in [-0.2, 0) is 38.4 Å². The van der Waals surface area contributed by atoms with Crippen molar-refractivity contribution in [1.29, 1.82) is 0 Å². The molecule has 0 unspecified atom stereocenters. The van der Waals surface area contributed by atoms with Gasteiger partial charge in [-0.3, -0.25) is 14.4 Å². The van der Waals surface area contributed by atoms with Gasteiger partial charge in [-0.25, -0.2) is 4.79 Å². The van der Waals surface area contributed by atoms with Crippen LogP contribution in [0.15, 0.2) is 85.1 Å². The Labute approximate surface area is 272 Å². The molecule has 4 aromatic rings. The highest BCUT2D eigenvalue weighted by molar-refractivity contribution is 5.95. The van der Waals surface area contributed by atoms with Crippen molar-refractivity contribution in [3.63, 3.8) is 0 Å². The van der Waals surface area contributed by atoms with Crippen LogP contribution < -0.4 is 27.4 Å². The van der Waals surface area contributed by atoms with E-state index in [2.05, 4.69) is 20.9 Å². The normalized spacial score (nSPS) is 13.7. The fourth-order valence-corrected chi connectivity index (χ4v) is 5.34. The van der Waals surface area contributed by atoms with Gasteiger partial charge in [0.25, 0.3) is 0 Å². The highest BCUT2D eigenvalue weighted by Gasteiger charge is 2.31. The van der Waals surface area contributed by atoms with Gasteiger partial charge in [-0.15, -0.1) is 0 Å². The fourth-order valence-electron chi connectivity index (χ4n) is 5.34. The number of fused-ring (bicyclic) bond motifs is 1. The first-order valence-corrected chi connectivity index (χ1v) is 15.6. The second-order valence-corrected chi connectivity index (χ2v) is 11.5. The van der Waals surface area contributed by atoms with Crippen molar-refractivity contribution in [1.82, 2.24) is 20.9 Å². The summed E-state index contributed by atoms with van der Waals surface area (Å²) in [6.07, 6.45) is 3.37. The monoisotopic (exact) mass is 642 g/mol. The van der Waals surface area contributed by atoms with Crippen molar-refractivity contribution in [2.45, 2.75) is 62.7 Å². The summed E-state index contributed by atoms with van der Waals surface area (Å²) in [6, 6.07) is 18.4. The van der Waals surface area contributed by atoms with Crippen molar-refractivity contribution >= 4 is 34.6 Å². The molecule has 12 heteroatoms. The number of nitrogens with one attached hydrogen (secondary N) is 4. The van der Waals surface area contributed by atoms with E-state index >= 15 is 0 Å². The first-order valence-electron chi connectivity index (χ1n) is 15.6. The highest BCUT2D eigenvalue weighted by atomic mass is 16.4. The number of amides is 3. The van der Waals surface area contributed by atoms with Gasteiger partial charge in [0.1, 0.15) is 23.9 Å². The van der Waals surface area contributed by atoms with Crippen molar-refractivity contribution in [2.75, 3.05) is 6.54 Å². The molecule has 1 aromatic heterocycles. The Morgan fingerprint density at radius 1 is 0.702 bits per heavy atom. The zero-order chi connectivity index (χ0) is 33.8. The minimum atomic E-state index is -1.29. The molecule has 0 fully saturated rings. The summed E-state index contributed by atoms with van der Waals surface area (Å²) in [5.41, 5.74) is 15.0. The van der Waals surface area contributed by atoms with Gasteiger partial charge in [-0.2, -0.15) is 0 Å². The maximum absolute atomic E-state index is 13.9. The Hall–Kier alpha value is -5.20. The summed E-state index contributed by atoms with van der Waals surface area (Å²) < 4.78 is 0. The van der Waals surface area contributed by atoms with E-state index in [1.165, 1.54) is 12.1 Å². The Morgan fingerprint density at radius 3 is 2.02 bits per heavy atom. The zero-order valence-electron chi connectivity index (χ0n) is 26.0. The number of rotatable bonds is 17. The maximum atomic E-state index is 13.9. The molecule has 10 N–H and O–H groups in total. The van der Waals surface area contributed by atoms with Gasteiger partial charge in [0.05, 0.1) is 6.04 Å². The zero-order valence-corrected chi connectivity index (χ0v) is 26.0. The number of carboxylic acid groups (broad SMARTS) is 1. The predicted molar refractivity (Wildman–Crippen MR) is 178 cm³/mol. The molecular weight excluding hydrogens is 600 g/mol. The first kappa shape index (κ1) is 34.7. The van der Waals surface area contributed by atoms with Gasteiger partial charge in [-0.05, 0) is 67.1 Å². The number of phenolic OH excluding ortho intramolecular Hbond substituents is 1. The number of aromatic nitrogens is 1. The van der Waals surface area contributed by atoms with Gasteiger partial charge in [0.2, 0.25) is 17.7 Å². The van der Waals surface area contributed by atoms with Gasteiger partial charge < -0.3 is 42.6 Å². The van der Waals surface area contributed by atoms with Gasteiger partial charge in [0.15, 0.2) is 0 Å². The summed E-state index contributed by atoms with van der Waals surface area (Å²) in [7, 11) is 0. The number of hydrogen-bond acceptors (Lipinski definition) is 7. The molecule has 12 nitrogen and oxygen atoms in total. The van der Waals surface area contributed by atoms with Crippen LogP contribution in [0.4, 0.5) is 0 Å². The molecule has 1 heterocycles. The highest BCUT2D eigenvalue weighted by Crippen LogP contribution is 2.20. The number of carbonyl (C=O) groups is 4. The number of benzene rings is 3. The van der Waals surface area contributed by atoms with Crippen LogP contribution in [-0.4, -0.2) is 69.6 Å². The summed E-state index contributed by atoms with van der Waals surface area (Å²) in [4.78, 5) is 56.0. The molecule has 248 valence electrons. The Morgan fingerprint density at radius 2 is 1.32 bits per heavy atom. The SMILES string of the molecule is NCCCC[C@H](NC(=O)[C@H](Cc1c[nH]c2ccccc12)NC(=O)[C@@H](N)Cc1ccccc1)C(=O)N[C@@H](Cc1ccc(O)cc1)C(=O)O. The third-order valence-electron chi connectivity index (χ3n) is 7.94. The predicted octanol–water partition coefficient (Wildman–Crippen LogP) is 1.90. The number of aliphatic carboxylic acids is 1. The first-order chi connectivity index (χ1) is 22.6. The third-order valence-corrected chi connectivity index (χ3v) is 7.94. The van der Waals surface area contributed by atoms with Crippen molar-refractivity contribution in [3.8, 4) is 5.75 Å². The molecule has 47 heavy (non-hydrogen) atoms. The lowest BCUT2D eigenvalue weighted by atomic mass is 10.0. The number of carbonyl (C=O) groups excluding carboxylic acids is 3. The van der Waals surface area contributed by atoms with Crippen LogP contribution in [0.1, 0.15) is 36.0 Å². The second-order valence-electron chi connectivity index (χ2n) is 11.5. The molecule has 0 bridgehead atoms. The summed E-state index contributed by atoms with van der Waals surface area (Å²) >= 11 is 0. The topological polar surface area (TPSA) is 213 Å². The molecule has 4 atom stereocenters. The van der Waals surface area contributed by atoms with E-state index in [1.807, 2.05) is 54.6 Å². The van der Waals surface area contributed by atoms with E-state index < -0.39 is 47.9 Å². The number of para-hydroxylation sites is 1. The van der Waals surface area contributed by atoms with E-state index in [1.54, 1.807) is 18.3 Å². The van der Waals surface area contributed by atoms with Crippen molar-refractivity contribution in [2.24, 2.45) is 11.5 Å². The number of aromatic hydroxyl groups is 1. The minimum absolute atomic E-state index is 0.0302. The van der Waals surface area contributed by atoms with Gasteiger partial charge in [0, 0.05) is 29.9 Å². The lowest BCUT2D eigenvalue weighted by Crippen LogP contribution is -2.58. The standard InChI is InChI=1S/C35H42N6O6/c36-17-7-6-12-29(33(44)41-31(35(46)47)19-23-13-15-25(42)16-14-23)39-34(45)30(20-24-21-38-28-11-5-4-10-26(24)28)40-32(43)27(37)18-22-8-2-1-3-9-22/h1-5,8-11,13-16,21,27,29-31,38,42H,6-7,12,17-20,36-37H2,(H,39,45)(H,40,43)(H,41,44)(H,46,47)/t27-,29-,30-,31-/m0/s1. The van der Waals surface area contributed by atoms with Crippen molar-refractivity contribution in [3.05, 3.63) is 102 Å². The Bertz CT molecular complexity index is 1640. The average molecular weight is 643 g/mol. The molecular formula is C35H42N6O6. The fraction of sp³-hybridized carbons (Fsp3) is 0.314. The number of nitrogens with two attached hydrogens (primary N) is 2. The number of hydrogen-bond donors (Lipinski definition) is 8. The van der Waals surface area contributed by atoms with Crippen LogP contribution in [0, 0.1) is 0 Å². The van der Waals surface area contributed by atoms with Crippen LogP contribution in [0.2, 0.25) is 0 Å². The van der Waals surface area contributed by atoms with E-state index in [-0.39, 0.29) is 31.4 Å². The van der Waals surface area contributed by atoms with E-state index in [0.29, 0.717) is 24.9 Å². The third kappa shape index (κ3) is 10.1. The molecule has 3 aromatic carbocycles. The smallest absolute Gasteiger partial charge is 0.326 e. The molecule has 0 spiro atoms. The van der Waals surface area contributed by atoms with Crippen LogP contribution in [0.25, 0.3) is 10.9 Å². The molecule has 3 amide bonds. The molecule has 0 aliphatic carbocycles. The van der Waals surface area contributed by atoms with Gasteiger partial charge in [-0.1, -0.05) is 60.7 Å². The number of carboxylic acids is 1. The Kier molecular flexibility index (Phi) is 12.5. The summed E-state index contributed by atoms with van der Waals surface area (Å²) in [5.74, 6) is -3.05. The van der Waals surface area contributed by atoms with Gasteiger partial charge >= 0.3 is 5.97 Å². The maximum Gasteiger partial charge on any atom is 0.326 e. The second kappa shape index (κ2) is 16.9. The number of unbranched alkanes of at least 4 members (excludes halogenated alkanes) is 1. The van der Waals surface area contributed by atoms with Crippen LogP contribution in [0.3, 0.4) is 0 Å². The summed E-state index contributed by atoms with van der Waals surface area (Å²) in [6.45, 7) is 0.374. The Balaban J connectivity index is 1.53. The van der Waals surface area contributed by atoms with E-state index in [0.717, 1.165) is 22.0 Å². The van der Waals surface area contributed by atoms with E-state index in [9.17, 15) is 29.4 Å². The lowest BCUT2D eigenvalue weighted by molar-refractivity contribution is -0.142. The van der Waals surface area contributed by atoms with Crippen LogP contribution in [0.5, 0.6) is 5.75 Å². The molecule has 0 aliphatic heterocycles. The number of H-pyrrole nitrogens is 1. The lowest BCUT2D eigenvalue weighted by Gasteiger charge is -2.25. The molecule has 0 saturated heterocycles. The van der Waals surface area contributed by atoms with Crippen LogP contribution >= 0.6 is 0 Å². The number of phenols is 1. The number of aromatic amines is 1. The van der Waals surface area contributed by atoms with E-state index in [4.69, 9.17) is 11.5 Å². The summed E-state index contributed by atoms with van der Waals surface area (Å²) in [5, 5.41) is 28.4. The quantitative estimate of drug-likeness (QED) is 0.0795. The molecule has 0 radical (unpaired) electrons. The minimum Gasteiger partial charge on any atom is -0.508 e. The molecule has 0 saturated carbocycles. The van der Waals surface area contributed by atoms with Crippen molar-refractivity contribution < 1.29 is 29.4 Å². The molecule has 0 aliphatic rings.